The van der Waals surface area contributed by atoms with Crippen LogP contribution in [0.4, 0.5) is 0 Å². The lowest BCUT2D eigenvalue weighted by atomic mass is 10.0. The summed E-state index contributed by atoms with van der Waals surface area (Å²) in [7, 11) is 0. The Morgan fingerprint density at radius 1 is 0.500 bits per heavy atom. The van der Waals surface area contributed by atoms with Crippen LogP contribution in [0.15, 0.2) is 0 Å². The summed E-state index contributed by atoms with van der Waals surface area (Å²) in [5.41, 5.74) is 0. The Balaban J connectivity index is 3.22. The first-order valence-corrected chi connectivity index (χ1v) is 16.2. The number of ether oxygens (including phenoxy) is 5. The Kier molecular flexibility index (Phi) is 31.9. The van der Waals surface area contributed by atoms with Gasteiger partial charge in [0.25, 0.3) is 0 Å². The van der Waals surface area contributed by atoms with E-state index < -0.39 is 0 Å². The third-order valence-corrected chi connectivity index (χ3v) is 6.94. The Morgan fingerprint density at radius 2 is 0.974 bits per heavy atom. The number of hydrogen-bond donors (Lipinski definition) is 0. The van der Waals surface area contributed by atoms with Crippen molar-refractivity contribution in [3.63, 3.8) is 0 Å². The summed E-state index contributed by atoms with van der Waals surface area (Å²) in [5.74, 6) is 0.563. The quantitative estimate of drug-likeness (QED) is 0.0627. The minimum absolute atomic E-state index is 0.111. The predicted molar refractivity (Wildman–Crippen MR) is 158 cm³/mol. The zero-order chi connectivity index (χ0) is 27.8. The summed E-state index contributed by atoms with van der Waals surface area (Å²) in [6.07, 6.45) is 21.8. The molecule has 0 aliphatic carbocycles. The number of esters is 1. The molecule has 0 aromatic heterocycles. The highest BCUT2D eigenvalue weighted by Gasteiger charge is 2.06. The van der Waals surface area contributed by atoms with E-state index in [0.717, 1.165) is 19.4 Å². The molecule has 0 bridgehead atoms. The maximum absolute atomic E-state index is 11.8. The number of unbranched alkanes of at least 4 members (excludes halogenated alkanes) is 12. The average molecular weight is 545 g/mol. The summed E-state index contributed by atoms with van der Waals surface area (Å²) in [6.45, 7) is 12.1. The van der Waals surface area contributed by atoms with Gasteiger partial charge in [0, 0.05) is 19.6 Å². The summed E-state index contributed by atoms with van der Waals surface area (Å²) in [6, 6.07) is 0. The van der Waals surface area contributed by atoms with E-state index in [1.165, 1.54) is 89.9 Å². The summed E-state index contributed by atoms with van der Waals surface area (Å²) in [4.78, 5) is 11.8. The molecule has 0 N–H and O–H groups in total. The van der Waals surface area contributed by atoms with E-state index in [4.69, 9.17) is 23.7 Å². The van der Waals surface area contributed by atoms with Crippen LogP contribution in [0.3, 0.4) is 0 Å². The van der Waals surface area contributed by atoms with E-state index in [9.17, 15) is 4.79 Å². The van der Waals surface area contributed by atoms with Gasteiger partial charge in [-0.25, -0.2) is 0 Å². The van der Waals surface area contributed by atoms with Crippen molar-refractivity contribution in [2.75, 3.05) is 59.5 Å². The van der Waals surface area contributed by atoms with E-state index in [2.05, 4.69) is 20.8 Å². The summed E-state index contributed by atoms with van der Waals surface area (Å²) >= 11 is 0. The number of carbonyl (C=O) groups excluding carboxylic acids is 1. The largest absolute Gasteiger partial charge is 0.466 e. The Labute approximate surface area is 236 Å². The highest BCUT2D eigenvalue weighted by molar-refractivity contribution is 5.69. The molecule has 0 spiro atoms. The molecule has 38 heavy (non-hydrogen) atoms. The van der Waals surface area contributed by atoms with Crippen LogP contribution in [0.5, 0.6) is 0 Å². The Morgan fingerprint density at radius 3 is 1.50 bits per heavy atom. The molecule has 1 unspecified atom stereocenters. The third-order valence-electron chi connectivity index (χ3n) is 6.94. The first-order chi connectivity index (χ1) is 18.7. The lowest BCUT2D eigenvalue weighted by molar-refractivity contribution is -0.144. The van der Waals surface area contributed by atoms with Crippen molar-refractivity contribution in [3.8, 4) is 0 Å². The fourth-order valence-electron chi connectivity index (χ4n) is 4.33. The zero-order valence-electron chi connectivity index (χ0n) is 25.6. The molecule has 0 heterocycles. The van der Waals surface area contributed by atoms with E-state index in [1.807, 2.05) is 0 Å². The molecule has 228 valence electrons. The van der Waals surface area contributed by atoms with Crippen molar-refractivity contribution in [2.45, 2.75) is 136 Å². The monoisotopic (exact) mass is 544 g/mol. The molecule has 0 aliphatic rings. The molecule has 0 rings (SSSR count). The lowest BCUT2D eigenvalue weighted by Gasteiger charge is -2.14. The number of hydrogen-bond acceptors (Lipinski definition) is 6. The van der Waals surface area contributed by atoms with E-state index in [1.54, 1.807) is 0 Å². The van der Waals surface area contributed by atoms with Crippen LogP contribution >= 0.6 is 0 Å². The number of carbonyl (C=O) groups is 1. The molecule has 6 heteroatoms. The van der Waals surface area contributed by atoms with Gasteiger partial charge in [0.05, 0.1) is 46.2 Å². The van der Waals surface area contributed by atoms with Gasteiger partial charge in [0.1, 0.15) is 0 Å². The van der Waals surface area contributed by atoms with Crippen molar-refractivity contribution in [3.05, 3.63) is 0 Å². The molecule has 0 saturated heterocycles. The first-order valence-electron chi connectivity index (χ1n) is 16.2. The van der Waals surface area contributed by atoms with Crippen molar-refractivity contribution in [2.24, 2.45) is 5.92 Å². The van der Waals surface area contributed by atoms with Gasteiger partial charge in [-0.1, -0.05) is 111 Å². The van der Waals surface area contributed by atoms with Gasteiger partial charge >= 0.3 is 5.97 Å². The maximum atomic E-state index is 11.8. The minimum Gasteiger partial charge on any atom is -0.466 e. The van der Waals surface area contributed by atoms with Crippen LogP contribution in [0.2, 0.25) is 0 Å². The minimum atomic E-state index is -0.111. The molecule has 1 atom stereocenters. The van der Waals surface area contributed by atoms with Crippen LogP contribution in [0.1, 0.15) is 136 Å². The molecule has 0 amide bonds. The molecule has 0 saturated carbocycles. The van der Waals surface area contributed by atoms with Crippen molar-refractivity contribution in [1.29, 1.82) is 0 Å². The Hall–Kier alpha value is -0.690. The SMILES string of the molecule is CCCCCCCCCCCCCCOC(=O)CCCOCCOCCOCCOCC(CC)CCCC. The number of rotatable bonds is 32. The first kappa shape index (κ1) is 37.3. The summed E-state index contributed by atoms with van der Waals surface area (Å²) < 4.78 is 27.7. The molecule has 0 aromatic rings. The molecule has 0 aliphatic heterocycles. The predicted octanol–water partition coefficient (Wildman–Crippen LogP) is 8.29. The topological polar surface area (TPSA) is 63.2 Å². The average Bonchev–Trinajstić information content (AvgIpc) is 2.93. The summed E-state index contributed by atoms with van der Waals surface area (Å²) in [5, 5.41) is 0. The van der Waals surface area contributed by atoms with Crippen LogP contribution in [0.25, 0.3) is 0 Å². The Bertz CT molecular complexity index is 459. The second kappa shape index (κ2) is 32.5. The third kappa shape index (κ3) is 29.9. The highest BCUT2D eigenvalue weighted by Crippen LogP contribution is 2.13. The van der Waals surface area contributed by atoms with Crippen LogP contribution in [0, 0.1) is 5.92 Å². The normalized spacial score (nSPS) is 12.2. The molecule has 0 aromatic carbocycles. The van der Waals surface area contributed by atoms with E-state index >= 15 is 0 Å². The van der Waals surface area contributed by atoms with Gasteiger partial charge in [-0.05, 0) is 25.2 Å². The second-order valence-corrected chi connectivity index (χ2v) is 10.5. The molecular weight excluding hydrogens is 480 g/mol. The fraction of sp³-hybridized carbons (Fsp3) is 0.969. The van der Waals surface area contributed by atoms with Gasteiger partial charge in [0.15, 0.2) is 0 Å². The standard InChI is InChI=1S/C32H64O6/c1-4-7-9-10-11-12-13-14-15-16-17-18-23-38-32(33)21-19-22-34-24-25-35-26-27-36-28-29-37-30-31(6-3)20-8-5-2/h31H,4-30H2,1-3H3. The van der Waals surface area contributed by atoms with Crippen LogP contribution in [-0.4, -0.2) is 65.4 Å². The van der Waals surface area contributed by atoms with Crippen LogP contribution in [-0.2, 0) is 28.5 Å². The van der Waals surface area contributed by atoms with Gasteiger partial charge in [0.2, 0.25) is 0 Å². The maximum Gasteiger partial charge on any atom is 0.305 e. The molecule has 6 nitrogen and oxygen atoms in total. The van der Waals surface area contributed by atoms with Crippen LogP contribution < -0.4 is 0 Å². The van der Waals surface area contributed by atoms with Gasteiger partial charge in [-0.15, -0.1) is 0 Å². The fourth-order valence-corrected chi connectivity index (χ4v) is 4.33. The van der Waals surface area contributed by atoms with E-state index in [-0.39, 0.29) is 5.97 Å². The lowest BCUT2D eigenvalue weighted by Crippen LogP contribution is -2.14. The molecule has 0 radical (unpaired) electrons. The second-order valence-electron chi connectivity index (χ2n) is 10.5. The van der Waals surface area contributed by atoms with Crippen molar-refractivity contribution in [1.82, 2.24) is 0 Å². The molecule has 0 fully saturated rings. The highest BCUT2D eigenvalue weighted by atomic mass is 16.6. The van der Waals surface area contributed by atoms with Gasteiger partial charge in [-0.3, -0.25) is 4.79 Å². The van der Waals surface area contributed by atoms with Gasteiger partial charge in [-0.2, -0.15) is 0 Å². The molecular formula is C32H64O6. The van der Waals surface area contributed by atoms with Crippen molar-refractivity contribution < 1.29 is 28.5 Å². The van der Waals surface area contributed by atoms with E-state index in [0.29, 0.717) is 71.6 Å². The smallest absolute Gasteiger partial charge is 0.305 e. The zero-order valence-corrected chi connectivity index (χ0v) is 25.6. The van der Waals surface area contributed by atoms with Gasteiger partial charge < -0.3 is 23.7 Å². The van der Waals surface area contributed by atoms with Crippen molar-refractivity contribution >= 4 is 5.97 Å².